The van der Waals surface area contributed by atoms with Crippen molar-refractivity contribution in [2.24, 2.45) is 5.10 Å². The molecule has 0 aliphatic heterocycles. The zero-order chi connectivity index (χ0) is 15.7. The Balaban J connectivity index is 1.83. The number of benzene rings is 1. The average molecular weight is 334 g/mol. The number of hydrogen-bond acceptors (Lipinski definition) is 5. The number of nitrogens with one attached hydrogen (secondary N) is 1. The normalized spacial score (nSPS) is 12.3. The van der Waals surface area contributed by atoms with Gasteiger partial charge in [0.2, 0.25) is 0 Å². The fourth-order valence-electron chi connectivity index (χ4n) is 1.99. The van der Waals surface area contributed by atoms with Gasteiger partial charge in [0.15, 0.2) is 4.96 Å². The van der Waals surface area contributed by atoms with Crippen LogP contribution >= 0.6 is 11.3 Å². The predicted octanol–water partition coefficient (Wildman–Crippen LogP) is 2.33. The molecule has 0 spiro atoms. The highest BCUT2D eigenvalue weighted by Gasteiger charge is 2.12. The van der Waals surface area contributed by atoms with E-state index in [0.29, 0.717) is 0 Å². The van der Waals surface area contributed by atoms with Gasteiger partial charge in [0.1, 0.15) is 0 Å². The predicted molar refractivity (Wildman–Crippen MR) is 86.9 cm³/mol. The molecule has 3 aromatic rings. The summed E-state index contributed by atoms with van der Waals surface area (Å²) < 4.78 is 26.1. The van der Waals surface area contributed by atoms with Crippen molar-refractivity contribution in [3.05, 3.63) is 52.8 Å². The highest BCUT2D eigenvalue weighted by Crippen LogP contribution is 2.15. The number of sulfonamides is 1. The number of nitrogens with zero attached hydrogens (tertiary/aromatic N) is 3. The SMILES string of the molecule is Cc1ccc(S(=O)(=O)NN=Cc2c(C)nc3sccn23)cc1. The van der Waals surface area contributed by atoms with Gasteiger partial charge in [0.05, 0.1) is 22.5 Å². The van der Waals surface area contributed by atoms with Crippen molar-refractivity contribution in [3.8, 4) is 0 Å². The zero-order valence-electron chi connectivity index (χ0n) is 12.0. The molecule has 114 valence electrons. The lowest BCUT2D eigenvalue weighted by atomic mass is 10.2. The molecule has 0 radical (unpaired) electrons. The molecule has 1 aromatic carbocycles. The Bertz CT molecular complexity index is 937. The van der Waals surface area contributed by atoms with Crippen molar-refractivity contribution >= 4 is 32.5 Å². The monoisotopic (exact) mass is 334 g/mol. The largest absolute Gasteiger partial charge is 0.289 e. The first-order valence-corrected chi connectivity index (χ1v) is 8.87. The first-order valence-electron chi connectivity index (χ1n) is 6.51. The third-order valence-electron chi connectivity index (χ3n) is 3.17. The van der Waals surface area contributed by atoms with E-state index in [1.54, 1.807) is 24.3 Å². The van der Waals surface area contributed by atoms with E-state index in [1.165, 1.54) is 17.6 Å². The minimum Gasteiger partial charge on any atom is -0.289 e. The van der Waals surface area contributed by atoms with Crippen LogP contribution in [0.25, 0.3) is 4.96 Å². The number of hydrazone groups is 1. The number of rotatable bonds is 4. The molecule has 0 fully saturated rings. The summed E-state index contributed by atoms with van der Waals surface area (Å²) in [6.07, 6.45) is 3.34. The van der Waals surface area contributed by atoms with Crippen LogP contribution in [0.5, 0.6) is 0 Å². The molecule has 0 saturated carbocycles. The van der Waals surface area contributed by atoms with E-state index in [1.807, 2.05) is 29.8 Å². The van der Waals surface area contributed by atoms with Gasteiger partial charge in [-0.05, 0) is 26.0 Å². The summed E-state index contributed by atoms with van der Waals surface area (Å²) in [5.41, 5.74) is 2.55. The van der Waals surface area contributed by atoms with Crippen LogP contribution in [0, 0.1) is 13.8 Å². The molecule has 0 bridgehead atoms. The van der Waals surface area contributed by atoms with Crippen LogP contribution in [0.2, 0.25) is 0 Å². The summed E-state index contributed by atoms with van der Waals surface area (Å²) in [4.78, 5) is 7.62. The molecule has 2 heterocycles. The first-order chi connectivity index (χ1) is 10.5. The van der Waals surface area contributed by atoms with Crippen LogP contribution in [0.4, 0.5) is 0 Å². The van der Waals surface area contributed by atoms with Crippen molar-refractivity contribution in [1.29, 1.82) is 0 Å². The van der Waals surface area contributed by atoms with Gasteiger partial charge in [-0.3, -0.25) is 4.40 Å². The molecule has 1 N–H and O–H groups in total. The molecule has 22 heavy (non-hydrogen) atoms. The van der Waals surface area contributed by atoms with Gasteiger partial charge in [-0.15, -0.1) is 11.3 Å². The summed E-state index contributed by atoms with van der Waals surface area (Å²) in [5.74, 6) is 0. The number of fused-ring (bicyclic) bond motifs is 1. The average Bonchev–Trinajstić information content (AvgIpc) is 3.02. The van der Waals surface area contributed by atoms with E-state index in [0.717, 1.165) is 21.9 Å². The molecule has 3 rings (SSSR count). The Kier molecular flexibility index (Phi) is 3.71. The minimum absolute atomic E-state index is 0.181. The van der Waals surface area contributed by atoms with Gasteiger partial charge < -0.3 is 0 Å². The van der Waals surface area contributed by atoms with Gasteiger partial charge in [-0.1, -0.05) is 17.7 Å². The molecule has 0 saturated heterocycles. The first kappa shape index (κ1) is 14.7. The molecular formula is C14H14N4O2S2. The summed E-state index contributed by atoms with van der Waals surface area (Å²) >= 11 is 1.51. The smallest absolute Gasteiger partial charge is 0.276 e. The summed E-state index contributed by atoms with van der Waals surface area (Å²) in [6, 6.07) is 6.59. The Hall–Kier alpha value is -2.19. The quantitative estimate of drug-likeness (QED) is 0.588. The van der Waals surface area contributed by atoms with Gasteiger partial charge in [-0.25, -0.2) is 9.82 Å². The lowest BCUT2D eigenvalue weighted by molar-refractivity contribution is 0.584. The topological polar surface area (TPSA) is 75.8 Å². The second-order valence-corrected chi connectivity index (χ2v) is 7.34. The molecule has 0 atom stereocenters. The standard InChI is InChI=1S/C14H14N4O2S2/c1-10-3-5-12(6-4-10)22(19,20)17-15-9-13-11(2)16-14-18(13)7-8-21-14/h3-9,17H,1-2H3. The molecule has 0 aliphatic carbocycles. The molecule has 0 aliphatic rings. The highest BCUT2D eigenvalue weighted by atomic mass is 32.2. The van der Waals surface area contributed by atoms with E-state index >= 15 is 0 Å². The maximum absolute atomic E-state index is 12.1. The van der Waals surface area contributed by atoms with E-state index < -0.39 is 10.0 Å². The Morgan fingerprint density at radius 1 is 1.27 bits per heavy atom. The molecule has 2 aromatic heterocycles. The minimum atomic E-state index is -3.66. The second kappa shape index (κ2) is 5.54. The van der Waals surface area contributed by atoms with E-state index in [-0.39, 0.29) is 4.90 Å². The lowest BCUT2D eigenvalue weighted by Gasteiger charge is -2.03. The fourth-order valence-corrected chi connectivity index (χ4v) is 3.55. The van der Waals surface area contributed by atoms with Gasteiger partial charge >= 0.3 is 0 Å². The van der Waals surface area contributed by atoms with Gasteiger partial charge in [0.25, 0.3) is 10.0 Å². The lowest BCUT2D eigenvalue weighted by Crippen LogP contribution is -2.18. The maximum Gasteiger partial charge on any atom is 0.276 e. The third kappa shape index (κ3) is 2.75. The highest BCUT2D eigenvalue weighted by molar-refractivity contribution is 7.89. The third-order valence-corrected chi connectivity index (χ3v) is 5.17. The molecule has 6 nitrogen and oxygen atoms in total. The van der Waals surface area contributed by atoms with Crippen molar-refractivity contribution in [2.75, 3.05) is 0 Å². The number of aryl methyl sites for hydroxylation is 2. The fraction of sp³-hybridized carbons (Fsp3) is 0.143. The number of hydrogen-bond donors (Lipinski definition) is 1. The van der Waals surface area contributed by atoms with E-state index in [4.69, 9.17) is 0 Å². The molecule has 0 amide bonds. The van der Waals surface area contributed by atoms with E-state index in [2.05, 4.69) is 14.9 Å². The van der Waals surface area contributed by atoms with E-state index in [9.17, 15) is 8.42 Å². The Morgan fingerprint density at radius 3 is 2.73 bits per heavy atom. The van der Waals surface area contributed by atoms with Crippen molar-refractivity contribution < 1.29 is 8.42 Å². The summed E-state index contributed by atoms with van der Waals surface area (Å²) in [5, 5.41) is 5.77. The van der Waals surface area contributed by atoms with Crippen LogP contribution < -0.4 is 4.83 Å². The van der Waals surface area contributed by atoms with Gasteiger partial charge in [0, 0.05) is 11.6 Å². The van der Waals surface area contributed by atoms with Gasteiger partial charge in [-0.2, -0.15) is 13.5 Å². The van der Waals surface area contributed by atoms with Crippen LogP contribution in [-0.2, 0) is 10.0 Å². The summed E-state index contributed by atoms with van der Waals surface area (Å²) in [7, 11) is -3.66. The number of aromatic nitrogens is 2. The van der Waals surface area contributed by atoms with Crippen LogP contribution in [-0.4, -0.2) is 24.0 Å². The molecular weight excluding hydrogens is 320 g/mol. The second-order valence-electron chi connectivity index (χ2n) is 4.80. The van der Waals surface area contributed by atoms with Crippen molar-refractivity contribution in [1.82, 2.24) is 14.2 Å². The van der Waals surface area contributed by atoms with Crippen LogP contribution in [0.3, 0.4) is 0 Å². The number of thiazole rings is 1. The molecule has 8 heteroatoms. The van der Waals surface area contributed by atoms with Crippen LogP contribution in [0.1, 0.15) is 17.0 Å². The Morgan fingerprint density at radius 2 is 2.00 bits per heavy atom. The number of imidazole rings is 1. The van der Waals surface area contributed by atoms with Crippen LogP contribution in [0.15, 0.2) is 45.8 Å². The van der Waals surface area contributed by atoms with Crippen molar-refractivity contribution in [3.63, 3.8) is 0 Å². The van der Waals surface area contributed by atoms with Crippen molar-refractivity contribution in [2.45, 2.75) is 18.7 Å². The maximum atomic E-state index is 12.1. The summed E-state index contributed by atoms with van der Waals surface area (Å²) in [6.45, 7) is 3.76. The molecule has 0 unspecified atom stereocenters. The Labute approximate surface area is 132 Å². The zero-order valence-corrected chi connectivity index (χ0v) is 13.6.